The van der Waals surface area contributed by atoms with E-state index in [1.807, 2.05) is 43.9 Å². The summed E-state index contributed by atoms with van der Waals surface area (Å²) in [7, 11) is 0. The summed E-state index contributed by atoms with van der Waals surface area (Å²) in [5.74, 6) is 0.508. The molecule has 3 atom stereocenters. The zero-order valence-electron chi connectivity index (χ0n) is 12.1. The summed E-state index contributed by atoms with van der Waals surface area (Å²) >= 11 is 0. The Morgan fingerprint density at radius 1 is 1.37 bits per heavy atom. The van der Waals surface area contributed by atoms with Gasteiger partial charge in [0.1, 0.15) is 0 Å². The van der Waals surface area contributed by atoms with E-state index < -0.39 is 0 Å². The fraction of sp³-hybridized carbons (Fsp3) is 0.562. The van der Waals surface area contributed by atoms with E-state index in [9.17, 15) is 4.79 Å². The molecular weight excluding hydrogens is 236 g/mol. The summed E-state index contributed by atoms with van der Waals surface area (Å²) < 4.78 is 0. The number of likely N-dealkylation sites (N-methyl/N-ethyl adjacent to an activating group) is 1. The Morgan fingerprint density at radius 2 is 1.95 bits per heavy atom. The third kappa shape index (κ3) is 2.27. The number of benzene rings is 1. The second-order valence-corrected chi connectivity index (χ2v) is 5.48. The van der Waals surface area contributed by atoms with E-state index in [-0.39, 0.29) is 23.3 Å². The Hall–Kier alpha value is -1.35. The molecule has 0 bridgehead atoms. The number of carbonyl (C=O) groups is 1. The molecule has 0 radical (unpaired) electrons. The number of hydrogen-bond donors (Lipinski definition) is 1. The van der Waals surface area contributed by atoms with E-state index in [4.69, 9.17) is 5.73 Å². The van der Waals surface area contributed by atoms with Crippen LogP contribution in [0.15, 0.2) is 30.3 Å². The van der Waals surface area contributed by atoms with E-state index >= 15 is 0 Å². The monoisotopic (exact) mass is 260 g/mol. The number of carbonyl (C=O) groups excluding carboxylic acids is 1. The summed E-state index contributed by atoms with van der Waals surface area (Å²) in [6.45, 7) is 7.59. The molecule has 1 amide bonds. The van der Waals surface area contributed by atoms with Gasteiger partial charge >= 0.3 is 0 Å². The smallest absolute Gasteiger partial charge is 0.233 e. The molecule has 2 N–H and O–H groups in total. The van der Waals surface area contributed by atoms with Gasteiger partial charge in [0.2, 0.25) is 5.91 Å². The lowest BCUT2D eigenvalue weighted by Gasteiger charge is -2.27. The van der Waals surface area contributed by atoms with Gasteiger partial charge in [0.05, 0.1) is 5.41 Å². The van der Waals surface area contributed by atoms with Crippen LogP contribution in [-0.4, -0.2) is 29.9 Å². The van der Waals surface area contributed by atoms with Gasteiger partial charge in [0.15, 0.2) is 0 Å². The molecule has 0 aromatic heterocycles. The molecule has 104 valence electrons. The van der Waals surface area contributed by atoms with Crippen molar-refractivity contribution in [1.82, 2.24) is 4.90 Å². The number of rotatable bonds is 5. The van der Waals surface area contributed by atoms with Gasteiger partial charge in [-0.1, -0.05) is 30.3 Å². The van der Waals surface area contributed by atoms with Crippen molar-refractivity contribution in [2.45, 2.75) is 38.6 Å². The van der Waals surface area contributed by atoms with Crippen molar-refractivity contribution in [1.29, 1.82) is 0 Å². The van der Waals surface area contributed by atoms with Gasteiger partial charge in [-0.05, 0) is 38.7 Å². The van der Waals surface area contributed by atoms with Crippen LogP contribution in [0.3, 0.4) is 0 Å². The molecule has 1 aliphatic rings. The second kappa shape index (κ2) is 5.33. The number of hydrogen-bond acceptors (Lipinski definition) is 2. The fourth-order valence-corrected chi connectivity index (χ4v) is 3.15. The first-order chi connectivity index (χ1) is 9.07. The first-order valence-electron chi connectivity index (χ1n) is 7.18. The highest BCUT2D eigenvalue weighted by Crippen LogP contribution is 2.56. The molecule has 0 saturated heterocycles. The molecule has 1 aromatic rings. The summed E-state index contributed by atoms with van der Waals surface area (Å²) in [6.07, 6.45) is 0.879. The van der Waals surface area contributed by atoms with Gasteiger partial charge in [0.25, 0.3) is 0 Å². The maximum atomic E-state index is 12.9. The number of nitrogens with zero attached hydrogens (tertiary/aromatic N) is 1. The Labute approximate surface area is 115 Å². The quantitative estimate of drug-likeness (QED) is 0.882. The molecule has 1 aliphatic carbocycles. The van der Waals surface area contributed by atoms with Crippen LogP contribution in [0.4, 0.5) is 0 Å². The van der Waals surface area contributed by atoms with Crippen molar-refractivity contribution in [3.63, 3.8) is 0 Å². The van der Waals surface area contributed by atoms with Gasteiger partial charge in [0, 0.05) is 19.1 Å². The van der Waals surface area contributed by atoms with Gasteiger partial charge in [-0.15, -0.1) is 0 Å². The number of nitrogens with two attached hydrogens (primary N) is 1. The molecular formula is C16H24N2O. The summed E-state index contributed by atoms with van der Waals surface area (Å²) in [5.41, 5.74) is 6.81. The van der Waals surface area contributed by atoms with Crippen LogP contribution in [-0.2, 0) is 10.2 Å². The van der Waals surface area contributed by atoms with E-state index in [1.54, 1.807) is 0 Å². The molecule has 1 fully saturated rings. The molecule has 3 nitrogen and oxygen atoms in total. The Bertz CT molecular complexity index is 439. The van der Waals surface area contributed by atoms with Crippen molar-refractivity contribution >= 4 is 5.91 Å². The molecule has 2 rings (SSSR count). The third-order valence-electron chi connectivity index (χ3n) is 4.37. The zero-order valence-corrected chi connectivity index (χ0v) is 12.1. The van der Waals surface area contributed by atoms with E-state index in [0.717, 1.165) is 25.1 Å². The maximum Gasteiger partial charge on any atom is 0.233 e. The minimum atomic E-state index is -0.374. The lowest BCUT2D eigenvalue weighted by molar-refractivity contribution is -0.134. The van der Waals surface area contributed by atoms with Crippen molar-refractivity contribution < 1.29 is 4.79 Å². The Morgan fingerprint density at radius 3 is 2.37 bits per heavy atom. The van der Waals surface area contributed by atoms with Crippen LogP contribution in [0.25, 0.3) is 0 Å². The standard InChI is InChI=1S/C16H24N2O/c1-4-18(5-2)15(19)16(11-14(16)12(3)17)13-9-7-6-8-10-13/h6-10,12,14H,4-5,11,17H2,1-3H3/t12-,14-,16+/m0/s1. The highest BCUT2D eigenvalue weighted by molar-refractivity contribution is 5.92. The van der Waals surface area contributed by atoms with Crippen molar-refractivity contribution in [2.24, 2.45) is 11.7 Å². The fourth-order valence-electron chi connectivity index (χ4n) is 3.15. The van der Waals surface area contributed by atoms with Crippen molar-refractivity contribution in [3.05, 3.63) is 35.9 Å². The molecule has 0 heterocycles. The largest absolute Gasteiger partial charge is 0.342 e. The number of amides is 1. The third-order valence-corrected chi connectivity index (χ3v) is 4.37. The predicted molar refractivity (Wildman–Crippen MR) is 77.8 cm³/mol. The molecule has 0 spiro atoms. The van der Waals surface area contributed by atoms with Crippen LogP contribution in [0, 0.1) is 5.92 Å². The first kappa shape index (κ1) is 14.1. The zero-order chi connectivity index (χ0) is 14.0. The lowest BCUT2D eigenvalue weighted by atomic mass is 9.89. The minimum Gasteiger partial charge on any atom is -0.342 e. The van der Waals surface area contributed by atoms with Crippen molar-refractivity contribution in [3.8, 4) is 0 Å². The summed E-state index contributed by atoms with van der Waals surface area (Å²) in [6, 6.07) is 10.2. The molecule has 0 unspecified atom stereocenters. The molecule has 1 aromatic carbocycles. The van der Waals surface area contributed by atoms with E-state index in [0.29, 0.717) is 0 Å². The topological polar surface area (TPSA) is 46.3 Å². The van der Waals surface area contributed by atoms with Crippen molar-refractivity contribution in [2.75, 3.05) is 13.1 Å². The molecule has 19 heavy (non-hydrogen) atoms. The molecule has 1 saturated carbocycles. The minimum absolute atomic E-state index is 0.0553. The second-order valence-electron chi connectivity index (χ2n) is 5.48. The van der Waals surface area contributed by atoms with Gasteiger partial charge < -0.3 is 10.6 Å². The first-order valence-corrected chi connectivity index (χ1v) is 7.18. The highest BCUT2D eigenvalue weighted by Gasteiger charge is 2.62. The van der Waals surface area contributed by atoms with E-state index in [2.05, 4.69) is 12.1 Å². The normalized spacial score (nSPS) is 26.8. The van der Waals surface area contributed by atoms with Crippen LogP contribution in [0.1, 0.15) is 32.8 Å². The van der Waals surface area contributed by atoms with Gasteiger partial charge in [-0.2, -0.15) is 0 Å². The van der Waals surface area contributed by atoms with Crippen LogP contribution < -0.4 is 5.73 Å². The average molecular weight is 260 g/mol. The summed E-state index contributed by atoms with van der Waals surface area (Å²) in [4.78, 5) is 14.8. The van der Waals surface area contributed by atoms with E-state index in [1.165, 1.54) is 0 Å². The predicted octanol–water partition coefficient (Wildman–Crippen LogP) is 2.16. The lowest BCUT2D eigenvalue weighted by Crippen LogP contribution is -2.42. The van der Waals surface area contributed by atoms with Crippen LogP contribution in [0.5, 0.6) is 0 Å². The van der Waals surface area contributed by atoms with Gasteiger partial charge in [-0.3, -0.25) is 4.79 Å². The Kier molecular flexibility index (Phi) is 3.95. The van der Waals surface area contributed by atoms with Crippen LogP contribution >= 0.6 is 0 Å². The summed E-state index contributed by atoms with van der Waals surface area (Å²) in [5, 5.41) is 0. The molecule has 3 heteroatoms. The Balaban J connectivity index is 2.36. The highest BCUT2D eigenvalue weighted by atomic mass is 16.2. The maximum absolute atomic E-state index is 12.9. The average Bonchev–Trinajstić information content (AvgIpc) is 3.18. The van der Waals surface area contributed by atoms with Gasteiger partial charge in [-0.25, -0.2) is 0 Å². The van der Waals surface area contributed by atoms with Crippen LogP contribution in [0.2, 0.25) is 0 Å². The SMILES string of the molecule is CCN(CC)C(=O)[C@@]1(c2ccccc2)C[C@H]1[C@H](C)N. The molecule has 0 aliphatic heterocycles.